The summed E-state index contributed by atoms with van der Waals surface area (Å²) >= 11 is 3.46. The number of rotatable bonds is 4. The number of hydrogen-bond acceptors (Lipinski definition) is 3. The molecule has 1 heterocycles. The van der Waals surface area contributed by atoms with Crippen LogP contribution in [-0.2, 0) is 14.9 Å². The van der Waals surface area contributed by atoms with Gasteiger partial charge in [0.15, 0.2) is 0 Å². The van der Waals surface area contributed by atoms with E-state index >= 15 is 0 Å². The second-order valence-corrected chi connectivity index (χ2v) is 7.22. The van der Waals surface area contributed by atoms with Gasteiger partial charge >= 0.3 is 0 Å². The first-order valence-corrected chi connectivity index (χ1v) is 8.04. The summed E-state index contributed by atoms with van der Waals surface area (Å²) in [5.41, 5.74) is 6.17. The number of carbonyl (C=O) groups excluding carboxylic acids is 1. The summed E-state index contributed by atoms with van der Waals surface area (Å²) < 4.78 is 6.55. The fourth-order valence-electron chi connectivity index (χ4n) is 2.61. The molecule has 5 heteroatoms. The molecule has 1 aromatic rings. The molecule has 0 aliphatic carbocycles. The molecule has 0 unspecified atom stereocenters. The number of nitrogens with two attached hydrogens (primary N) is 1. The monoisotopic (exact) mass is 354 g/mol. The zero-order valence-electron chi connectivity index (χ0n) is 12.6. The third-order valence-electron chi connectivity index (χ3n) is 4.08. The van der Waals surface area contributed by atoms with Gasteiger partial charge in [0.05, 0.1) is 5.54 Å². The molecule has 1 aliphatic rings. The molecule has 0 radical (unpaired) electrons. The van der Waals surface area contributed by atoms with E-state index in [4.69, 9.17) is 10.5 Å². The van der Waals surface area contributed by atoms with Crippen LogP contribution in [0.25, 0.3) is 0 Å². The van der Waals surface area contributed by atoms with Gasteiger partial charge in [-0.05, 0) is 44.4 Å². The standard InChI is InChI=1S/C16H23BrN2O2/c1-15(2,18)14(20)19-11-16(7-9-21-10-8-16)12-3-5-13(17)6-4-12/h3-6H,7-11,18H2,1-2H3,(H,19,20). The molecule has 4 nitrogen and oxygen atoms in total. The predicted octanol–water partition coefficient (Wildman–Crippen LogP) is 2.35. The van der Waals surface area contributed by atoms with E-state index in [1.807, 2.05) is 12.1 Å². The van der Waals surface area contributed by atoms with Crippen LogP contribution in [-0.4, -0.2) is 31.2 Å². The van der Waals surface area contributed by atoms with Crippen LogP contribution in [0.2, 0.25) is 0 Å². The summed E-state index contributed by atoms with van der Waals surface area (Å²) in [5, 5.41) is 3.02. The molecule has 0 spiro atoms. The van der Waals surface area contributed by atoms with Gasteiger partial charge < -0.3 is 15.8 Å². The van der Waals surface area contributed by atoms with Crippen LogP contribution >= 0.6 is 15.9 Å². The Morgan fingerprint density at radius 3 is 2.43 bits per heavy atom. The molecule has 0 aromatic heterocycles. The molecule has 116 valence electrons. The zero-order chi connectivity index (χ0) is 15.5. The van der Waals surface area contributed by atoms with E-state index < -0.39 is 5.54 Å². The van der Waals surface area contributed by atoms with E-state index in [0.29, 0.717) is 6.54 Å². The highest BCUT2D eigenvalue weighted by Gasteiger charge is 2.35. The number of hydrogen-bond donors (Lipinski definition) is 2. The van der Waals surface area contributed by atoms with Gasteiger partial charge in [0.25, 0.3) is 0 Å². The lowest BCUT2D eigenvalue weighted by Crippen LogP contribution is -2.53. The van der Waals surface area contributed by atoms with Crippen molar-refractivity contribution < 1.29 is 9.53 Å². The molecule has 21 heavy (non-hydrogen) atoms. The van der Waals surface area contributed by atoms with Crippen molar-refractivity contribution in [3.63, 3.8) is 0 Å². The largest absolute Gasteiger partial charge is 0.381 e. The Labute approximate surface area is 134 Å². The minimum absolute atomic E-state index is 0.0696. The van der Waals surface area contributed by atoms with Crippen molar-refractivity contribution in [2.75, 3.05) is 19.8 Å². The van der Waals surface area contributed by atoms with Crippen LogP contribution in [0.3, 0.4) is 0 Å². The molecule has 0 saturated carbocycles. The van der Waals surface area contributed by atoms with Crippen LogP contribution in [0.4, 0.5) is 0 Å². The van der Waals surface area contributed by atoms with Crippen LogP contribution < -0.4 is 11.1 Å². The molecule has 1 amide bonds. The van der Waals surface area contributed by atoms with Gasteiger partial charge in [-0.3, -0.25) is 4.79 Å². The minimum atomic E-state index is -0.855. The number of ether oxygens (including phenoxy) is 1. The second-order valence-electron chi connectivity index (χ2n) is 6.30. The van der Waals surface area contributed by atoms with Crippen molar-refractivity contribution in [1.82, 2.24) is 5.32 Å². The van der Waals surface area contributed by atoms with Crippen LogP contribution in [0.1, 0.15) is 32.3 Å². The van der Waals surface area contributed by atoms with Gasteiger partial charge in [0.2, 0.25) is 5.91 Å². The molecule has 1 fully saturated rings. The van der Waals surface area contributed by atoms with E-state index in [2.05, 4.69) is 33.4 Å². The van der Waals surface area contributed by atoms with Gasteiger partial charge in [0.1, 0.15) is 0 Å². The Bertz CT molecular complexity index is 488. The molecular formula is C16H23BrN2O2. The van der Waals surface area contributed by atoms with Crippen molar-refractivity contribution in [3.05, 3.63) is 34.3 Å². The maximum Gasteiger partial charge on any atom is 0.239 e. The van der Waals surface area contributed by atoms with Crippen molar-refractivity contribution >= 4 is 21.8 Å². The maximum absolute atomic E-state index is 12.1. The van der Waals surface area contributed by atoms with Crippen LogP contribution in [0, 0.1) is 0 Å². The van der Waals surface area contributed by atoms with E-state index in [-0.39, 0.29) is 11.3 Å². The molecular weight excluding hydrogens is 332 g/mol. The molecule has 1 saturated heterocycles. The number of amides is 1. The highest BCUT2D eigenvalue weighted by Crippen LogP contribution is 2.35. The Balaban J connectivity index is 2.17. The normalized spacial score (nSPS) is 18.3. The summed E-state index contributed by atoms with van der Waals surface area (Å²) in [6.45, 7) is 5.48. The maximum atomic E-state index is 12.1. The number of halogens is 1. The molecule has 2 rings (SSSR count). The third kappa shape index (κ3) is 4.05. The average molecular weight is 355 g/mol. The lowest BCUT2D eigenvalue weighted by Gasteiger charge is -2.38. The fourth-order valence-corrected chi connectivity index (χ4v) is 2.87. The number of benzene rings is 1. The van der Waals surface area contributed by atoms with E-state index in [9.17, 15) is 4.79 Å². The number of carbonyl (C=O) groups is 1. The Kier molecular flexibility index (Phi) is 5.07. The van der Waals surface area contributed by atoms with E-state index in [0.717, 1.165) is 30.5 Å². The lowest BCUT2D eigenvalue weighted by atomic mass is 9.74. The van der Waals surface area contributed by atoms with Gasteiger partial charge in [-0.1, -0.05) is 28.1 Å². The Hall–Kier alpha value is -0.910. The first-order chi connectivity index (χ1) is 9.83. The summed E-state index contributed by atoms with van der Waals surface area (Å²) in [4.78, 5) is 12.1. The SMILES string of the molecule is CC(C)(N)C(=O)NCC1(c2ccc(Br)cc2)CCOCC1. The number of nitrogens with one attached hydrogen (secondary N) is 1. The van der Waals surface area contributed by atoms with E-state index in [1.165, 1.54) is 5.56 Å². The summed E-state index contributed by atoms with van der Waals surface area (Å²) in [6, 6.07) is 8.33. The molecule has 0 atom stereocenters. The Morgan fingerprint density at radius 1 is 1.33 bits per heavy atom. The first-order valence-electron chi connectivity index (χ1n) is 7.24. The lowest BCUT2D eigenvalue weighted by molar-refractivity contribution is -0.125. The average Bonchev–Trinajstić information content (AvgIpc) is 2.45. The summed E-state index contributed by atoms with van der Waals surface area (Å²) in [6.07, 6.45) is 1.81. The molecule has 3 N–H and O–H groups in total. The fraction of sp³-hybridized carbons (Fsp3) is 0.562. The smallest absolute Gasteiger partial charge is 0.239 e. The predicted molar refractivity (Wildman–Crippen MR) is 87.1 cm³/mol. The minimum Gasteiger partial charge on any atom is -0.381 e. The van der Waals surface area contributed by atoms with Crippen LogP contribution in [0.15, 0.2) is 28.7 Å². The van der Waals surface area contributed by atoms with Crippen molar-refractivity contribution in [3.8, 4) is 0 Å². The van der Waals surface area contributed by atoms with Crippen molar-refractivity contribution in [1.29, 1.82) is 0 Å². The van der Waals surface area contributed by atoms with Gasteiger partial charge in [-0.2, -0.15) is 0 Å². The molecule has 1 aliphatic heterocycles. The topological polar surface area (TPSA) is 64.4 Å². The third-order valence-corrected chi connectivity index (χ3v) is 4.61. The first kappa shape index (κ1) is 16.5. The summed E-state index contributed by atoms with van der Waals surface area (Å²) in [7, 11) is 0. The van der Waals surface area contributed by atoms with Gasteiger partial charge in [-0.15, -0.1) is 0 Å². The highest BCUT2D eigenvalue weighted by molar-refractivity contribution is 9.10. The second kappa shape index (κ2) is 6.46. The molecule has 1 aromatic carbocycles. The van der Waals surface area contributed by atoms with Crippen molar-refractivity contribution in [2.45, 2.75) is 37.6 Å². The zero-order valence-corrected chi connectivity index (χ0v) is 14.2. The molecule has 0 bridgehead atoms. The highest BCUT2D eigenvalue weighted by atomic mass is 79.9. The summed E-state index contributed by atoms with van der Waals surface area (Å²) in [5.74, 6) is -0.120. The van der Waals surface area contributed by atoms with Gasteiger partial charge in [0, 0.05) is 29.6 Å². The van der Waals surface area contributed by atoms with Crippen molar-refractivity contribution in [2.24, 2.45) is 5.73 Å². The van der Waals surface area contributed by atoms with E-state index in [1.54, 1.807) is 13.8 Å². The van der Waals surface area contributed by atoms with Crippen LogP contribution in [0.5, 0.6) is 0 Å². The quantitative estimate of drug-likeness (QED) is 0.872. The Morgan fingerprint density at radius 2 is 1.90 bits per heavy atom. The van der Waals surface area contributed by atoms with Gasteiger partial charge in [-0.25, -0.2) is 0 Å².